The number of benzene rings is 2. The molecule has 2 aromatic carbocycles. The Morgan fingerprint density at radius 3 is 2.62 bits per heavy atom. The molecule has 0 radical (unpaired) electrons. The fraction of sp³-hybridized carbons (Fsp3) is 0.0556. The topological polar surface area (TPSA) is 68.3 Å². The summed E-state index contributed by atoms with van der Waals surface area (Å²) in [7, 11) is 0. The minimum atomic E-state index is -0.963. The van der Waals surface area contributed by atoms with Crippen LogP contribution in [0, 0.1) is 11.6 Å². The van der Waals surface area contributed by atoms with Gasteiger partial charge in [-0.3, -0.25) is 14.9 Å². The van der Waals surface area contributed by atoms with Crippen LogP contribution in [0.5, 0.6) is 5.75 Å². The molecule has 0 aliphatic rings. The number of ether oxygens (including phenoxy) is 1. The molecule has 8 heteroatoms. The van der Waals surface area contributed by atoms with Crippen molar-refractivity contribution in [2.24, 2.45) is 0 Å². The van der Waals surface area contributed by atoms with E-state index in [0.29, 0.717) is 34.0 Å². The van der Waals surface area contributed by atoms with Crippen molar-refractivity contribution in [1.29, 1.82) is 0 Å². The van der Waals surface area contributed by atoms with Crippen LogP contribution >= 0.6 is 11.3 Å². The van der Waals surface area contributed by atoms with E-state index in [4.69, 9.17) is 4.74 Å². The van der Waals surface area contributed by atoms with Gasteiger partial charge in [-0.1, -0.05) is 0 Å². The van der Waals surface area contributed by atoms with E-state index in [9.17, 15) is 18.4 Å². The maximum atomic E-state index is 13.3. The molecule has 0 bridgehead atoms. The zero-order valence-corrected chi connectivity index (χ0v) is 14.1. The highest BCUT2D eigenvalue weighted by Crippen LogP contribution is 2.26. The predicted molar refractivity (Wildman–Crippen MR) is 93.4 cm³/mol. The minimum absolute atomic E-state index is 0.236. The normalized spacial score (nSPS) is 10.4. The van der Waals surface area contributed by atoms with Crippen LogP contribution in [0.4, 0.5) is 13.9 Å². The second kappa shape index (κ2) is 7.83. The molecule has 0 aliphatic heterocycles. The maximum absolute atomic E-state index is 13.3. The summed E-state index contributed by atoms with van der Waals surface area (Å²) in [5, 5.41) is 4.51. The first-order chi connectivity index (χ1) is 12.5. The van der Waals surface area contributed by atoms with Crippen LogP contribution in [-0.2, 0) is 4.79 Å². The van der Waals surface area contributed by atoms with Crippen molar-refractivity contribution in [3.8, 4) is 17.0 Å². The number of nitrogens with zero attached hydrogens (tertiary/aromatic N) is 1. The van der Waals surface area contributed by atoms with E-state index in [1.807, 2.05) is 0 Å². The number of amides is 1. The Morgan fingerprint density at radius 2 is 1.92 bits per heavy atom. The lowest BCUT2D eigenvalue weighted by Gasteiger charge is -2.05. The second-order valence-electron chi connectivity index (χ2n) is 5.19. The van der Waals surface area contributed by atoms with E-state index in [1.54, 1.807) is 29.6 Å². The molecule has 0 spiro atoms. The highest BCUT2D eigenvalue weighted by Gasteiger charge is 2.11. The number of carbonyl (C=O) groups excluding carboxylic acids is 2. The average molecular weight is 374 g/mol. The lowest BCUT2D eigenvalue weighted by Crippen LogP contribution is -2.20. The summed E-state index contributed by atoms with van der Waals surface area (Å²) in [4.78, 5) is 26.7. The van der Waals surface area contributed by atoms with Gasteiger partial charge in [-0.2, -0.15) is 0 Å². The van der Waals surface area contributed by atoms with Crippen molar-refractivity contribution in [3.05, 3.63) is 65.0 Å². The standard InChI is InChI=1S/C18H12F2N2O3S/c19-14-6-3-12(7-15(14)20)16-10-26-18(21-16)22-17(24)9-25-13-4-1-11(8-23)2-5-13/h1-8,10H,9H2,(H,21,22,24). The first-order valence-corrected chi connectivity index (χ1v) is 8.32. The Labute approximate surface area is 151 Å². The highest BCUT2D eigenvalue weighted by atomic mass is 32.1. The fourth-order valence-corrected chi connectivity index (χ4v) is 2.80. The lowest BCUT2D eigenvalue weighted by atomic mass is 10.2. The summed E-state index contributed by atoms with van der Waals surface area (Å²) >= 11 is 1.16. The van der Waals surface area contributed by atoms with Gasteiger partial charge in [0.15, 0.2) is 23.4 Å². The highest BCUT2D eigenvalue weighted by molar-refractivity contribution is 7.14. The zero-order chi connectivity index (χ0) is 18.5. The van der Waals surface area contributed by atoms with Crippen molar-refractivity contribution in [3.63, 3.8) is 0 Å². The van der Waals surface area contributed by atoms with E-state index >= 15 is 0 Å². The predicted octanol–water partition coefficient (Wildman–Crippen LogP) is 3.92. The Bertz CT molecular complexity index is 942. The molecule has 0 aliphatic carbocycles. The number of thiazole rings is 1. The van der Waals surface area contributed by atoms with Crippen LogP contribution in [-0.4, -0.2) is 23.8 Å². The molecule has 1 aromatic heterocycles. The summed E-state index contributed by atoms with van der Waals surface area (Å²) < 4.78 is 31.6. The SMILES string of the molecule is O=Cc1ccc(OCC(=O)Nc2nc(-c3ccc(F)c(F)c3)cs2)cc1. The molecular weight excluding hydrogens is 362 g/mol. The number of aldehydes is 1. The van der Waals surface area contributed by atoms with Gasteiger partial charge in [0, 0.05) is 16.5 Å². The molecule has 0 saturated carbocycles. The van der Waals surface area contributed by atoms with Gasteiger partial charge in [0.1, 0.15) is 12.0 Å². The van der Waals surface area contributed by atoms with E-state index in [1.165, 1.54) is 6.07 Å². The largest absolute Gasteiger partial charge is 0.484 e. The second-order valence-corrected chi connectivity index (χ2v) is 6.05. The van der Waals surface area contributed by atoms with E-state index < -0.39 is 17.5 Å². The lowest BCUT2D eigenvalue weighted by molar-refractivity contribution is -0.118. The molecule has 0 unspecified atom stereocenters. The number of halogens is 2. The van der Waals surface area contributed by atoms with Crippen molar-refractivity contribution >= 4 is 28.7 Å². The fourth-order valence-electron chi connectivity index (χ4n) is 2.07. The van der Waals surface area contributed by atoms with Crippen LogP contribution in [0.15, 0.2) is 47.8 Å². The van der Waals surface area contributed by atoms with Gasteiger partial charge in [0.05, 0.1) is 5.69 Å². The number of carbonyl (C=O) groups is 2. The number of aromatic nitrogens is 1. The van der Waals surface area contributed by atoms with Gasteiger partial charge in [-0.15, -0.1) is 11.3 Å². The minimum Gasteiger partial charge on any atom is -0.484 e. The molecule has 0 atom stereocenters. The molecule has 5 nitrogen and oxygen atoms in total. The third-order valence-electron chi connectivity index (χ3n) is 3.35. The quantitative estimate of drug-likeness (QED) is 0.664. The van der Waals surface area contributed by atoms with Gasteiger partial charge in [-0.05, 0) is 42.5 Å². The summed E-state index contributed by atoms with van der Waals surface area (Å²) in [5.74, 6) is -1.87. The maximum Gasteiger partial charge on any atom is 0.264 e. The molecule has 26 heavy (non-hydrogen) atoms. The van der Waals surface area contributed by atoms with Gasteiger partial charge in [0.25, 0.3) is 5.91 Å². The van der Waals surface area contributed by atoms with Crippen LogP contribution in [0.1, 0.15) is 10.4 Å². The molecular formula is C18H12F2N2O3S. The zero-order valence-electron chi connectivity index (χ0n) is 13.2. The monoisotopic (exact) mass is 374 g/mol. The van der Waals surface area contributed by atoms with Crippen LogP contribution in [0.2, 0.25) is 0 Å². The van der Waals surface area contributed by atoms with Gasteiger partial charge in [-0.25, -0.2) is 13.8 Å². The number of hydrogen-bond acceptors (Lipinski definition) is 5. The molecule has 0 fully saturated rings. The Balaban J connectivity index is 1.58. The summed E-state index contributed by atoms with van der Waals surface area (Å²) in [6, 6.07) is 9.80. The summed E-state index contributed by atoms with van der Waals surface area (Å²) in [6.07, 6.45) is 0.712. The van der Waals surface area contributed by atoms with Crippen LogP contribution in [0.25, 0.3) is 11.3 Å². The average Bonchev–Trinajstić information content (AvgIpc) is 3.11. The van der Waals surface area contributed by atoms with Crippen LogP contribution < -0.4 is 10.1 Å². The van der Waals surface area contributed by atoms with E-state index in [-0.39, 0.29) is 6.61 Å². The smallest absolute Gasteiger partial charge is 0.264 e. The number of anilines is 1. The molecule has 132 valence electrons. The first-order valence-electron chi connectivity index (χ1n) is 7.44. The molecule has 3 aromatic rings. The Kier molecular flexibility index (Phi) is 5.33. The molecule has 0 saturated heterocycles. The van der Waals surface area contributed by atoms with Gasteiger partial charge in [0.2, 0.25) is 0 Å². The Morgan fingerprint density at radius 1 is 1.15 bits per heavy atom. The summed E-state index contributed by atoms with van der Waals surface area (Å²) in [6.45, 7) is -0.236. The van der Waals surface area contributed by atoms with Gasteiger partial charge < -0.3 is 4.74 Å². The summed E-state index contributed by atoms with van der Waals surface area (Å²) in [5.41, 5.74) is 1.34. The van der Waals surface area contributed by atoms with Crippen molar-refractivity contribution in [1.82, 2.24) is 4.98 Å². The number of hydrogen-bond donors (Lipinski definition) is 1. The van der Waals surface area contributed by atoms with Crippen molar-refractivity contribution in [2.75, 3.05) is 11.9 Å². The first kappa shape index (κ1) is 17.7. The van der Waals surface area contributed by atoms with Crippen molar-refractivity contribution < 1.29 is 23.1 Å². The number of nitrogens with one attached hydrogen (secondary N) is 1. The van der Waals surface area contributed by atoms with E-state index in [0.717, 1.165) is 23.5 Å². The Hall–Kier alpha value is -3.13. The number of rotatable bonds is 6. The molecule has 1 amide bonds. The van der Waals surface area contributed by atoms with Crippen LogP contribution in [0.3, 0.4) is 0 Å². The third-order valence-corrected chi connectivity index (χ3v) is 4.11. The molecule has 3 rings (SSSR count). The van der Waals surface area contributed by atoms with E-state index in [2.05, 4.69) is 10.3 Å². The third kappa shape index (κ3) is 4.28. The molecule has 1 heterocycles. The van der Waals surface area contributed by atoms with Crippen molar-refractivity contribution in [2.45, 2.75) is 0 Å². The molecule has 1 N–H and O–H groups in total. The van der Waals surface area contributed by atoms with Gasteiger partial charge >= 0.3 is 0 Å².